The van der Waals surface area contributed by atoms with Crippen molar-refractivity contribution in [3.8, 4) is 0 Å². The van der Waals surface area contributed by atoms with Crippen molar-refractivity contribution >= 4 is 11.8 Å². The number of likely N-dealkylation sites (tertiary alicyclic amines) is 1. The molecule has 2 aliphatic rings. The molecular formula is C18H28N4O2. The molecule has 1 aliphatic heterocycles. The predicted molar refractivity (Wildman–Crippen MR) is 91.4 cm³/mol. The van der Waals surface area contributed by atoms with Gasteiger partial charge in [0.1, 0.15) is 11.4 Å². The van der Waals surface area contributed by atoms with Crippen LogP contribution in [0, 0.1) is 5.92 Å². The molecule has 0 bridgehead atoms. The molecule has 2 unspecified atom stereocenters. The summed E-state index contributed by atoms with van der Waals surface area (Å²) in [6.07, 6.45) is 8.83. The van der Waals surface area contributed by atoms with Crippen molar-refractivity contribution in [3.05, 3.63) is 18.2 Å². The zero-order valence-corrected chi connectivity index (χ0v) is 14.9. The molecule has 1 saturated heterocycles. The normalized spacial score (nSPS) is 23.6. The van der Waals surface area contributed by atoms with Crippen molar-refractivity contribution in [1.29, 1.82) is 0 Å². The van der Waals surface area contributed by atoms with Crippen LogP contribution in [-0.2, 0) is 16.0 Å². The third kappa shape index (κ3) is 3.19. The Balaban J connectivity index is 1.76. The first kappa shape index (κ1) is 17.0. The summed E-state index contributed by atoms with van der Waals surface area (Å²) in [4.78, 5) is 31.2. The van der Waals surface area contributed by atoms with E-state index in [1.807, 2.05) is 24.2 Å². The summed E-state index contributed by atoms with van der Waals surface area (Å²) in [7, 11) is 0. The monoisotopic (exact) mass is 332 g/mol. The number of amides is 2. The number of nitrogens with one attached hydrogen (secondary N) is 1. The minimum absolute atomic E-state index is 0.0723. The van der Waals surface area contributed by atoms with Gasteiger partial charge < -0.3 is 14.8 Å². The second-order valence-corrected chi connectivity index (χ2v) is 7.31. The minimum atomic E-state index is -0.754. The molecular weight excluding hydrogens is 304 g/mol. The van der Waals surface area contributed by atoms with Gasteiger partial charge in [0, 0.05) is 38.8 Å². The molecule has 24 heavy (non-hydrogen) atoms. The van der Waals surface area contributed by atoms with Gasteiger partial charge in [0.15, 0.2) is 0 Å². The molecule has 3 rings (SSSR count). The average molecular weight is 332 g/mol. The number of imidazole rings is 1. The van der Waals surface area contributed by atoms with Crippen molar-refractivity contribution in [2.75, 3.05) is 13.1 Å². The highest BCUT2D eigenvalue weighted by Crippen LogP contribution is 2.41. The molecule has 132 valence electrons. The fraction of sp³-hybridized carbons (Fsp3) is 0.722. The zero-order valence-electron chi connectivity index (χ0n) is 14.9. The molecule has 1 aliphatic carbocycles. The van der Waals surface area contributed by atoms with Crippen LogP contribution < -0.4 is 5.32 Å². The number of carbonyl (C=O) groups is 2. The fourth-order valence-corrected chi connectivity index (χ4v) is 4.00. The lowest BCUT2D eigenvalue weighted by molar-refractivity contribution is -0.143. The van der Waals surface area contributed by atoms with Gasteiger partial charge in [-0.1, -0.05) is 6.92 Å². The van der Waals surface area contributed by atoms with Crippen molar-refractivity contribution in [2.45, 2.75) is 64.5 Å². The first-order valence-corrected chi connectivity index (χ1v) is 9.05. The Morgan fingerprint density at radius 1 is 1.38 bits per heavy atom. The van der Waals surface area contributed by atoms with Crippen LogP contribution in [0.1, 0.15) is 58.3 Å². The molecule has 2 heterocycles. The van der Waals surface area contributed by atoms with E-state index in [0.717, 1.165) is 44.5 Å². The van der Waals surface area contributed by atoms with Gasteiger partial charge in [-0.05, 0) is 38.5 Å². The molecule has 0 spiro atoms. The highest BCUT2D eigenvalue weighted by atomic mass is 16.2. The Hall–Kier alpha value is -1.85. The Kier molecular flexibility index (Phi) is 4.65. The number of carbonyl (C=O) groups excluding carboxylic acids is 2. The van der Waals surface area contributed by atoms with E-state index < -0.39 is 5.54 Å². The van der Waals surface area contributed by atoms with E-state index in [4.69, 9.17) is 0 Å². The van der Waals surface area contributed by atoms with Crippen LogP contribution in [0.25, 0.3) is 0 Å². The molecule has 1 saturated carbocycles. The van der Waals surface area contributed by atoms with Crippen molar-refractivity contribution < 1.29 is 9.59 Å². The largest absolute Gasteiger partial charge is 0.342 e. The number of piperidine rings is 1. The second kappa shape index (κ2) is 6.57. The molecule has 6 heteroatoms. The summed E-state index contributed by atoms with van der Waals surface area (Å²) in [5.74, 6) is 1.28. The highest BCUT2D eigenvalue weighted by Gasteiger charge is 2.50. The number of aryl methyl sites for hydroxylation is 1. The third-order valence-electron chi connectivity index (χ3n) is 5.42. The molecule has 0 radical (unpaired) electrons. The molecule has 2 amide bonds. The van der Waals surface area contributed by atoms with Gasteiger partial charge >= 0.3 is 0 Å². The molecule has 1 N–H and O–H groups in total. The topological polar surface area (TPSA) is 67.2 Å². The van der Waals surface area contributed by atoms with E-state index in [0.29, 0.717) is 6.54 Å². The first-order valence-electron chi connectivity index (χ1n) is 9.05. The van der Waals surface area contributed by atoms with E-state index in [1.165, 1.54) is 6.92 Å². The van der Waals surface area contributed by atoms with Gasteiger partial charge in [-0.15, -0.1) is 0 Å². The van der Waals surface area contributed by atoms with Gasteiger partial charge in [-0.2, -0.15) is 0 Å². The van der Waals surface area contributed by atoms with E-state index in [-0.39, 0.29) is 23.8 Å². The molecule has 0 aromatic carbocycles. The fourth-order valence-electron chi connectivity index (χ4n) is 4.00. The SMILES string of the molecule is CCc1nccn1C1CCCN(C(=O)C(C)(NC(C)=O)C2CC2)C1. The number of hydrogen-bond donors (Lipinski definition) is 1. The number of aromatic nitrogens is 2. The molecule has 6 nitrogen and oxygen atoms in total. The number of nitrogens with zero attached hydrogens (tertiary/aromatic N) is 3. The van der Waals surface area contributed by atoms with E-state index >= 15 is 0 Å². The van der Waals surface area contributed by atoms with Crippen molar-refractivity contribution in [2.24, 2.45) is 5.92 Å². The number of hydrogen-bond acceptors (Lipinski definition) is 3. The Morgan fingerprint density at radius 3 is 2.75 bits per heavy atom. The second-order valence-electron chi connectivity index (χ2n) is 7.31. The Morgan fingerprint density at radius 2 is 2.12 bits per heavy atom. The maximum atomic E-state index is 13.2. The van der Waals surface area contributed by atoms with E-state index in [9.17, 15) is 9.59 Å². The van der Waals surface area contributed by atoms with Gasteiger partial charge in [-0.25, -0.2) is 4.98 Å². The van der Waals surface area contributed by atoms with Crippen molar-refractivity contribution in [3.63, 3.8) is 0 Å². The predicted octanol–water partition coefficient (Wildman–Crippen LogP) is 1.91. The highest BCUT2D eigenvalue weighted by molar-refractivity contribution is 5.91. The summed E-state index contributed by atoms with van der Waals surface area (Å²) < 4.78 is 2.21. The Labute approximate surface area is 143 Å². The molecule has 2 atom stereocenters. The van der Waals surface area contributed by atoms with Crippen LogP contribution in [0.4, 0.5) is 0 Å². The van der Waals surface area contributed by atoms with Gasteiger partial charge in [0.05, 0.1) is 6.04 Å². The zero-order chi connectivity index (χ0) is 17.3. The van der Waals surface area contributed by atoms with Crippen LogP contribution in [0.3, 0.4) is 0 Å². The lowest BCUT2D eigenvalue weighted by Crippen LogP contribution is -2.60. The Bertz CT molecular complexity index is 622. The maximum absolute atomic E-state index is 13.2. The summed E-state index contributed by atoms with van der Waals surface area (Å²) in [6, 6.07) is 0.279. The molecule has 1 aromatic rings. The third-order valence-corrected chi connectivity index (χ3v) is 5.42. The van der Waals surface area contributed by atoms with Crippen LogP contribution in [0.2, 0.25) is 0 Å². The standard InChI is InChI=1S/C18H28N4O2/c1-4-16-19-9-11-22(16)15-6-5-10-21(12-15)17(24)18(3,14-7-8-14)20-13(2)23/h9,11,14-15H,4-8,10,12H2,1-3H3,(H,20,23). The lowest BCUT2D eigenvalue weighted by atomic mass is 9.92. The van der Waals surface area contributed by atoms with Crippen LogP contribution in [0.15, 0.2) is 12.4 Å². The summed E-state index contributed by atoms with van der Waals surface area (Å²) in [6.45, 7) is 6.96. The smallest absolute Gasteiger partial charge is 0.248 e. The quantitative estimate of drug-likeness (QED) is 0.896. The first-order chi connectivity index (χ1) is 11.5. The number of rotatable bonds is 5. The van der Waals surface area contributed by atoms with Crippen molar-refractivity contribution in [1.82, 2.24) is 19.8 Å². The van der Waals surface area contributed by atoms with Gasteiger partial charge in [0.25, 0.3) is 0 Å². The van der Waals surface area contributed by atoms with Crippen LogP contribution in [-0.4, -0.2) is 44.9 Å². The average Bonchev–Trinajstić information content (AvgIpc) is 3.32. The summed E-state index contributed by atoms with van der Waals surface area (Å²) in [5.41, 5.74) is -0.754. The summed E-state index contributed by atoms with van der Waals surface area (Å²) >= 11 is 0. The molecule has 1 aromatic heterocycles. The molecule has 2 fully saturated rings. The van der Waals surface area contributed by atoms with Crippen LogP contribution in [0.5, 0.6) is 0 Å². The maximum Gasteiger partial charge on any atom is 0.248 e. The lowest BCUT2D eigenvalue weighted by Gasteiger charge is -2.40. The summed E-state index contributed by atoms with van der Waals surface area (Å²) in [5, 5.41) is 2.94. The van der Waals surface area contributed by atoms with Gasteiger partial charge in [0.2, 0.25) is 11.8 Å². The van der Waals surface area contributed by atoms with E-state index in [1.54, 1.807) is 0 Å². The minimum Gasteiger partial charge on any atom is -0.342 e. The van der Waals surface area contributed by atoms with Gasteiger partial charge in [-0.3, -0.25) is 9.59 Å². The van der Waals surface area contributed by atoms with Crippen LogP contribution >= 0.6 is 0 Å². The van der Waals surface area contributed by atoms with E-state index in [2.05, 4.69) is 21.8 Å².